The number of hydrogen-bond acceptors (Lipinski definition) is 21. The SMILES string of the molecule is CC(=O)C(=O)Nc1cncc(C(N)=O)c1.Cc1cc(C2CCC(C)CN2)cc(C)c1O.Cc1cc(C2CCC(C)CN2C(=O)C(=O)Nc2cncc(C(N)=O)c2)cc(C)c1O.Cc1cc([C@@H]2CC[C@@H](C)CN2C(=O)C(=O)Nc2cncc(C(N)=O)c2)cc(C)c1O.Cc1cc([C@H]2CC[C@H](C)CN2C(=O)C(=O)Nc2cncc(C(N)=O)c2)cc(C)c1O. The number of likely N-dealkylation sites (tertiary alicyclic amines) is 3. The van der Waals surface area contributed by atoms with Crippen molar-refractivity contribution in [3.63, 3.8) is 0 Å². The molecular weight excluding hydrogens is 1550 g/mol. The fourth-order valence-corrected chi connectivity index (χ4v) is 14.9. The predicted molar refractivity (Wildman–Crippen MR) is 454 cm³/mol. The van der Waals surface area contributed by atoms with Crippen molar-refractivity contribution in [1.82, 2.24) is 40.0 Å². The number of rotatable bonds is 13. The first-order valence-electron chi connectivity index (χ1n) is 39.7. The average Bonchev–Trinajstić information content (AvgIpc) is 0.798. The Morgan fingerprint density at radius 3 is 0.785 bits per heavy atom. The fourth-order valence-electron chi connectivity index (χ4n) is 14.9. The first-order chi connectivity index (χ1) is 57.1. The summed E-state index contributed by atoms with van der Waals surface area (Å²) in [4.78, 5) is 164. The number of piperidine rings is 4. The van der Waals surface area contributed by atoms with Crippen molar-refractivity contribution in [2.24, 2.45) is 46.6 Å². The zero-order valence-electron chi connectivity index (χ0n) is 70.3. The minimum absolute atomic E-state index is 0.139. The molecule has 17 N–H and O–H groups in total. The molecule has 0 radical (unpaired) electrons. The Labute approximate surface area is 702 Å². The number of nitrogens with two attached hydrogens (primary N) is 4. The van der Waals surface area contributed by atoms with Gasteiger partial charge >= 0.3 is 35.4 Å². The number of carbonyl (C=O) groups excluding carboxylic acids is 12. The van der Waals surface area contributed by atoms with Crippen molar-refractivity contribution in [3.05, 3.63) is 211 Å². The molecule has 32 heteroatoms. The summed E-state index contributed by atoms with van der Waals surface area (Å²) in [6.07, 6.45) is 17.9. The number of Topliss-reactive ketones (excluding diaryl/α,β-unsaturated/α-hetero) is 1. The number of hydrogen-bond donors (Lipinski definition) is 13. The molecule has 4 unspecified atom stereocenters. The molecule has 11 amide bonds. The second-order valence-electron chi connectivity index (χ2n) is 31.8. The Bertz CT molecular complexity index is 4780. The van der Waals surface area contributed by atoms with Crippen molar-refractivity contribution in [3.8, 4) is 23.0 Å². The molecule has 0 saturated carbocycles. The predicted octanol–water partition coefficient (Wildman–Crippen LogP) is 10.1. The molecule has 8 aromatic rings. The molecule has 8 heterocycles. The molecule has 8 atom stereocenters. The third-order valence-corrected chi connectivity index (χ3v) is 21.5. The maximum Gasteiger partial charge on any atom is 0.313 e. The van der Waals surface area contributed by atoms with E-state index in [0.717, 1.165) is 119 Å². The number of ketones is 1. The van der Waals surface area contributed by atoms with Crippen LogP contribution in [0.2, 0.25) is 0 Å². The molecule has 4 aromatic heterocycles. The van der Waals surface area contributed by atoms with Gasteiger partial charge in [-0.15, -0.1) is 0 Å². The van der Waals surface area contributed by atoms with Gasteiger partial charge in [0.1, 0.15) is 23.0 Å². The number of nitrogens with zero attached hydrogens (tertiary/aromatic N) is 7. The summed E-state index contributed by atoms with van der Waals surface area (Å²) in [5.41, 5.74) is 32.6. The maximum absolute atomic E-state index is 13.0. The third-order valence-electron chi connectivity index (χ3n) is 21.5. The summed E-state index contributed by atoms with van der Waals surface area (Å²) < 4.78 is 0. The summed E-state index contributed by atoms with van der Waals surface area (Å²) in [7, 11) is 0. The minimum atomic E-state index is -0.801. The number of aromatic hydroxyl groups is 4. The van der Waals surface area contributed by atoms with E-state index in [1.165, 1.54) is 92.2 Å². The average molecular weight is 1660 g/mol. The van der Waals surface area contributed by atoms with Crippen LogP contribution in [0.25, 0.3) is 0 Å². The second kappa shape index (κ2) is 41.7. The van der Waals surface area contributed by atoms with Gasteiger partial charge in [0.2, 0.25) is 29.4 Å². The molecule has 4 aliphatic rings. The van der Waals surface area contributed by atoms with Gasteiger partial charge in [-0.3, -0.25) is 77.5 Å². The molecule has 121 heavy (non-hydrogen) atoms. The summed E-state index contributed by atoms with van der Waals surface area (Å²) in [5, 5.41) is 53.4. The van der Waals surface area contributed by atoms with Gasteiger partial charge in [0.05, 0.1) is 87.9 Å². The Morgan fingerprint density at radius 2 is 0.562 bits per heavy atom. The lowest BCUT2D eigenvalue weighted by Crippen LogP contribution is -2.46. The molecular formula is C89H108N16O16. The molecule has 0 bridgehead atoms. The zero-order chi connectivity index (χ0) is 89.1. The lowest BCUT2D eigenvalue weighted by molar-refractivity contribution is -0.146. The highest BCUT2D eigenvalue weighted by atomic mass is 16.3. The minimum Gasteiger partial charge on any atom is -0.507 e. The largest absolute Gasteiger partial charge is 0.507 e. The van der Waals surface area contributed by atoms with Gasteiger partial charge in [0.15, 0.2) is 0 Å². The van der Waals surface area contributed by atoms with Gasteiger partial charge in [-0.05, 0) is 228 Å². The fraction of sp³-hybridized carbons (Fsp3) is 0.371. The number of amides is 11. The van der Waals surface area contributed by atoms with Crippen LogP contribution in [0.3, 0.4) is 0 Å². The van der Waals surface area contributed by atoms with E-state index in [0.29, 0.717) is 31.4 Å². The highest BCUT2D eigenvalue weighted by Crippen LogP contribution is 2.41. The van der Waals surface area contributed by atoms with Gasteiger partial charge in [-0.2, -0.15) is 0 Å². The van der Waals surface area contributed by atoms with Crippen LogP contribution >= 0.6 is 0 Å². The first kappa shape index (κ1) is 93.0. The van der Waals surface area contributed by atoms with E-state index in [1.54, 1.807) is 14.7 Å². The topological polar surface area (TPSA) is 511 Å². The number of benzene rings is 4. The number of phenolic OH excluding ortho intramolecular Hbond substituents is 4. The van der Waals surface area contributed by atoms with Crippen molar-refractivity contribution < 1.29 is 78.0 Å². The Hall–Kier alpha value is -13.5. The van der Waals surface area contributed by atoms with Crippen LogP contribution in [0, 0.1) is 79.1 Å². The Morgan fingerprint density at radius 1 is 0.331 bits per heavy atom. The second-order valence-corrected chi connectivity index (χ2v) is 31.8. The number of pyridine rings is 4. The summed E-state index contributed by atoms with van der Waals surface area (Å²) in [6.45, 7) is 26.8. The number of aromatic nitrogens is 4. The van der Waals surface area contributed by atoms with Crippen LogP contribution < -0.4 is 49.5 Å². The van der Waals surface area contributed by atoms with Crippen molar-refractivity contribution in [2.45, 2.75) is 166 Å². The monoisotopic (exact) mass is 1660 g/mol. The smallest absolute Gasteiger partial charge is 0.313 e. The number of aryl methyl sites for hydroxylation is 8. The molecule has 0 aliphatic carbocycles. The number of anilines is 4. The normalized spacial score (nSPS) is 18.5. The summed E-state index contributed by atoms with van der Waals surface area (Å²) in [6, 6.07) is 20.6. The number of phenols is 4. The van der Waals surface area contributed by atoms with E-state index in [-0.39, 0.29) is 98.1 Å². The van der Waals surface area contributed by atoms with Crippen molar-refractivity contribution >= 4 is 93.5 Å². The van der Waals surface area contributed by atoms with Crippen LogP contribution in [-0.2, 0) is 38.4 Å². The van der Waals surface area contributed by atoms with E-state index >= 15 is 0 Å². The lowest BCUT2D eigenvalue weighted by Gasteiger charge is -2.38. The number of nitrogens with one attached hydrogen (secondary N) is 5. The van der Waals surface area contributed by atoms with Gasteiger partial charge in [-0.1, -0.05) is 76.2 Å². The van der Waals surface area contributed by atoms with Crippen molar-refractivity contribution in [1.29, 1.82) is 0 Å². The lowest BCUT2D eigenvalue weighted by atomic mass is 9.88. The zero-order valence-corrected chi connectivity index (χ0v) is 70.3. The van der Waals surface area contributed by atoms with E-state index < -0.39 is 70.8 Å². The van der Waals surface area contributed by atoms with Gasteiger partial charge in [0.25, 0.3) is 5.91 Å². The Balaban J connectivity index is 0.000000193. The molecule has 4 saturated heterocycles. The quantitative estimate of drug-likeness (QED) is 0.0477. The van der Waals surface area contributed by atoms with Crippen LogP contribution in [0.1, 0.15) is 218 Å². The van der Waals surface area contributed by atoms with Gasteiger partial charge < -0.3 is 84.6 Å². The molecule has 12 rings (SSSR count). The molecule has 640 valence electrons. The van der Waals surface area contributed by atoms with Gasteiger partial charge in [-0.25, -0.2) is 0 Å². The molecule has 0 spiro atoms. The van der Waals surface area contributed by atoms with E-state index in [1.807, 2.05) is 113 Å². The van der Waals surface area contributed by atoms with Crippen LogP contribution in [0.15, 0.2) is 122 Å². The van der Waals surface area contributed by atoms with Crippen LogP contribution in [-0.4, -0.2) is 152 Å². The van der Waals surface area contributed by atoms with Crippen LogP contribution in [0.4, 0.5) is 22.7 Å². The molecule has 4 fully saturated rings. The van der Waals surface area contributed by atoms with E-state index in [9.17, 15) is 78.0 Å². The van der Waals surface area contributed by atoms with E-state index in [4.69, 9.17) is 22.9 Å². The molecule has 32 nitrogen and oxygen atoms in total. The standard InChI is InChI=1S/3C22H26N4O4.C14H21NO.C9H9N3O3/c3*1-12-4-5-18(15-6-13(2)19(27)14(3)7-15)26(11-12)22(30)21(29)25-17-8-16(20(23)28)9-24-10-17;1-9-4-5-13(15-8-9)12-6-10(2)14(16)11(3)7-12;1-5(13)9(15)12-7-2-6(8(10)14)3-11-4-7/h3*6-10,12,18,27H,4-5,11H2,1-3H3,(H2,23,28)(H,25,29);6-7,9,13,15-16H,4-5,8H2,1-3H3;2-4H,1H3,(H2,10,14)(H,12,15)/t2*12-,18+;;;/m10.../s1. The highest BCUT2D eigenvalue weighted by Gasteiger charge is 2.39. The summed E-state index contributed by atoms with van der Waals surface area (Å²) >= 11 is 0. The maximum atomic E-state index is 13.0. The van der Waals surface area contributed by atoms with Crippen molar-refractivity contribution in [2.75, 3.05) is 47.4 Å². The van der Waals surface area contributed by atoms with Gasteiger partial charge in [0, 0.05) is 57.4 Å². The van der Waals surface area contributed by atoms with Crippen LogP contribution in [0.5, 0.6) is 23.0 Å². The number of primary amides is 4. The summed E-state index contributed by atoms with van der Waals surface area (Å²) in [5.74, 6) is -5.71. The van der Waals surface area contributed by atoms with E-state index in [2.05, 4.69) is 65.6 Å². The number of carbonyl (C=O) groups is 12. The molecule has 4 aliphatic heterocycles. The first-order valence-corrected chi connectivity index (χ1v) is 39.7. The highest BCUT2D eigenvalue weighted by molar-refractivity contribution is 6.41. The molecule has 4 aromatic carbocycles. The Kier molecular flexibility index (Phi) is 32.1. The third kappa shape index (κ3) is 25.0.